The number of nitrogens with zero attached hydrogens (tertiary/aromatic N) is 1. The van der Waals surface area contributed by atoms with E-state index in [9.17, 15) is 8.78 Å². The third kappa shape index (κ3) is 0.823. The minimum absolute atomic E-state index is 0.326. The molecule has 0 unspecified atom stereocenters. The van der Waals surface area contributed by atoms with E-state index in [0.717, 1.165) is 6.20 Å². The van der Waals surface area contributed by atoms with E-state index in [1.165, 1.54) is 11.5 Å². The van der Waals surface area contributed by atoms with Crippen molar-refractivity contribution in [3.8, 4) is 0 Å². The Morgan fingerprint density at radius 2 is 2.00 bits per heavy atom. The maximum atomic E-state index is 12.4. The highest BCUT2D eigenvalue weighted by molar-refractivity contribution is 5.09. The van der Waals surface area contributed by atoms with Gasteiger partial charge in [0.2, 0.25) is 0 Å². The quantitative estimate of drug-likeness (QED) is 0.504. The molecule has 1 aromatic rings. The van der Waals surface area contributed by atoms with Crippen molar-refractivity contribution >= 4 is 0 Å². The minimum atomic E-state index is -0.782. The van der Waals surface area contributed by atoms with Gasteiger partial charge in [0.15, 0.2) is 11.6 Å². The monoisotopic (exact) mass is 131 g/mol. The fourth-order valence-corrected chi connectivity index (χ4v) is 0.651. The molecule has 0 bridgehead atoms. The van der Waals surface area contributed by atoms with Gasteiger partial charge in [-0.3, -0.25) is 0 Å². The summed E-state index contributed by atoms with van der Waals surface area (Å²) in [7, 11) is 1.60. The van der Waals surface area contributed by atoms with E-state index in [4.69, 9.17) is 0 Å². The number of hydrogen-bond donors (Lipinski definition) is 0. The second-order valence-electron chi connectivity index (χ2n) is 1.99. The number of aromatic nitrogens is 1. The van der Waals surface area contributed by atoms with E-state index in [0.29, 0.717) is 5.69 Å². The molecule has 0 N–H and O–H groups in total. The Morgan fingerprint density at radius 3 is 2.11 bits per heavy atom. The number of rotatable bonds is 0. The molecule has 0 aliphatic carbocycles. The summed E-state index contributed by atoms with van der Waals surface area (Å²) in [6.45, 7) is 1.53. The van der Waals surface area contributed by atoms with Crippen LogP contribution in [0.4, 0.5) is 8.78 Å². The lowest BCUT2D eigenvalue weighted by Crippen LogP contribution is -1.87. The average Bonchev–Trinajstić information content (AvgIpc) is 1.98. The van der Waals surface area contributed by atoms with Gasteiger partial charge in [-0.05, 0) is 6.92 Å². The van der Waals surface area contributed by atoms with E-state index in [2.05, 4.69) is 0 Å². The van der Waals surface area contributed by atoms with Gasteiger partial charge in [-0.25, -0.2) is 8.78 Å². The Kier molecular flexibility index (Phi) is 1.27. The fourth-order valence-electron chi connectivity index (χ4n) is 0.651. The third-order valence-electron chi connectivity index (χ3n) is 1.36. The van der Waals surface area contributed by atoms with Crippen LogP contribution in [0.3, 0.4) is 0 Å². The maximum absolute atomic E-state index is 12.4. The molecule has 0 spiro atoms. The van der Waals surface area contributed by atoms with Gasteiger partial charge in [-0.15, -0.1) is 0 Å². The van der Waals surface area contributed by atoms with Gasteiger partial charge in [0.25, 0.3) is 0 Å². The zero-order valence-corrected chi connectivity index (χ0v) is 5.28. The molecular weight excluding hydrogens is 124 g/mol. The predicted molar refractivity (Wildman–Crippen MR) is 30.1 cm³/mol. The highest BCUT2D eigenvalue weighted by Gasteiger charge is 2.07. The Bertz CT molecular complexity index is 205. The summed E-state index contributed by atoms with van der Waals surface area (Å²) in [5.41, 5.74) is 0.326. The topological polar surface area (TPSA) is 4.93 Å². The summed E-state index contributed by atoms with van der Waals surface area (Å²) in [6, 6.07) is 0. The molecule has 1 heterocycles. The zero-order valence-electron chi connectivity index (χ0n) is 5.28. The summed E-state index contributed by atoms with van der Waals surface area (Å²) in [4.78, 5) is 0. The van der Waals surface area contributed by atoms with Gasteiger partial charge in [0, 0.05) is 13.2 Å². The minimum Gasteiger partial charge on any atom is -0.349 e. The van der Waals surface area contributed by atoms with Gasteiger partial charge in [0.05, 0.1) is 5.69 Å². The van der Waals surface area contributed by atoms with Crippen LogP contribution in [0.1, 0.15) is 5.69 Å². The summed E-state index contributed by atoms with van der Waals surface area (Å²) in [5, 5.41) is 0. The van der Waals surface area contributed by atoms with Crippen molar-refractivity contribution in [2.45, 2.75) is 6.92 Å². The molecule has 0 atom stereocenters. The molecule has 1 rings (SSSR count). The molecule has 0 saturated heterocycles. The molecular formula is C6H7F2N. The molecule has 1 nitrogen and oxygen atoms in total. The molecule has 50 valence electrons. The second-order valence-corrected chi connectivity index (χ2v) is 1.99. The van der Waals surface area contributed by atoms with Gasteiger partial charge in [-0.1, -0.05) is 0 Å². The van der Waals surface area contributed by atoms with Crippen LogP contribution in [0.5, 0.6) is 0 Å². The Morgan fingerprint density at radius 1 is 1.44 bits per heavy atom. The van der Waals surface area contributed by atoms with Gasteiger partial charge >= 0.3 is 0 Å². The smallest absolute Gasteiger partial charge is 0.179 e. The van der Waals surface area contributed by atoms with Crippen molar-refractivity contribution in [1.82, 2.24) is 4.57 Å². The summed E-state index contributed by atoms with van der Waals surface area (Å²) in [5.74, 6) is -1.53. The lowest BCUT2D eigenvalue weighted by atomic mass is 10.4. The Balaban J connectivity index is 3.29. The molecule has 0 radical (unpaired) electrons. The van der Waals surface area contributed by atoms with Crippen LogP contribution < -0.4 is 0 Å². The Labute approximate surface area is 51.9 Å². The molecule has 9 heavy (non-hydrogen) atoms. The first-order chi connectivity index (χ1) is 4.13. The van der Waals surface area contributed by atoms with E-state index in [1.807, 2.05) is 0 Å². The largest absolute Gasteiger partial charge is 0.349 e. The standard InChI is InChI=1S/C6H7F2N/c1-4-6(8)5(7)3-9(4)2/h3H,1-2H3. The first kappa shape index (κ1) is 6.26. The third-order valence-corrected chi connectivity index (χ3v) is 1.36. The number of hydrogen-bond acceptors (Lipinski definition) is 0. The highest BCUT2D eigenvalue weighted by atomic mass is 19.2. The molecule has 1 aromatic heterocycles. The van der Waals surface area contributed by atoms with Crippen LogP contribution in [-0.2, 0) is 7.05 Å². The van der Waals surface area contributed by atoms with Crippen molar-refractivity contribution < 1.29 is 8.78 Å². The first-order valence-electron chi connectivity index (χ1n) is 2.60. The van der Waals surface area contributed by atoms with Crippen LogP contribution in [0, 0.1) is 18.6 Å². The van der Waals surface area contributed by atoms with Crippen molar-refractivity contribution in [3.05, 3.63) is 23.5 Å². The Hall–Kier alpha value is -0.860. The maximum Gasteiger partial charge on any atom is 0.179 e. The number of aryl methyl sites for hydroxylation is 1. The fraction of sp³-hybridized carbons (Fsp3) is 0.333. The molecule has 3 heteroatoms. The van der Waals surface area contributed by atoms with Crippen molar-refractivity contribution in [1.29, 1.82) is 0 Å². The van der Waals surface area contributed by atoms with Crippen LogP contribution in [0.25, 0.3) is 0 Å². The summed E-state index contributed by atoms with van der Waals surface area (Å²) < 4.78 is 26.0. The van der Waals surface area contributed by atoms with E-state index < -0.39 is 11.6 Å². The van der Waals surface area contributed by atoms with Crippen LogP contribution in [-0.4, -0.2) is 4.57 Å². The lowest BCUT2D eigenvalue weighted by molar-refractivity contribution is 0.512. The lowest BCUT2D eigenvalue weighted by Gasteiger charge is -1.90. The summed E-state index contributed by atoms with van der Waals surface area (Å²) in [6.07, 6.45) is 1.12. The zero-order chi connectivity index (χ0) is 7.02. The normalized spacial score (nSPS) is 10.2. The molecule has 0 fully saturated rings. The van der Waals surface area contributed by atoms with E-state index in [1.54, 1.807) is 7.05 Å². The molecule has 0 aliphatic heterocycles. The van der Waals surface area contributed by atoms with Crippen LogP contribution in [0.15, 0.2) is 6.20 Å². The van der Waals surface area contributed by atoms with Gasteiger partial charge < -0.3 is 4.57 Å². The average molecular weight is 131 g/mol. The second kappa shape index (κ2) is 1.83. The first-order valence-corrected chi connectivity index (χ1v) is 2.60. The van der Waals surface area contributed by atoms with Crippen molar-refractivity contribution in [2.75, 3.05) is 0 Å². The molecule has 0 aliphatic rings. The molecule has 0 aromatic carbocycles. The van der Waals surface area contributed by atoms with Crippen LogP contribution in [0.2, 0.25) is 0 Å². The van der Waals surface area contributed by atoms with E-state index >= 15 is 0 Å². The van der Waals surface area contributed by atoms with E-state index in [-0.39, 0.29) is 0 Å². The SMILES string of the molecule is Cc1c(F)c(F)cn1C. The van der Waals surface area contributed by atoms with Crippen LogP contribution >= 0.6 is 0 Å². The molecule has 0 amide bonds. The summed E-state index contributed by atoms with van der Waals surface area (Å²) >= 11 is 0. The molecule has 0 saturated carbocycles. The van der Waals surface area contributed by atoms with Gasteiger partial charge in [-0.2, -0.15) is 0 Å². The predicted octanol–water partition coefficient (Wildman–Crippen LogP) is 1.61. The van der Waals surface area contributed by atoms with Gasteiger partial charge in [0.1, 0.15) is 0 Å². The highest BCUT2D eigenvalue weighted by Crippen LogP contribution is 2.10. The van der Waals surface area contributed by atoms with Crippen molar-refractivity contribution in [3.63, 3.8) is 0 Å². The number of halogens is 2. The van der Waals surface area contributed by atoms with Crippen molar-refractivity contribution in [2.24, 2.45) is 7.05 Å².